The summed E-state index contributed by atoms with van der Waals surface area (Å²) >= 11 is 0. The smallest absolute Gasteiger partial charge is 0.326 e. The van der Waals surface area contributed by atoms with Crippen LogP contribution in [0.4, 0.5) is 0 Å². The lowest BCUT2D eigenvalue weighted by molar-refractivity contribution is -0.142. The number of carbonyl (C=O) groups excluding carboxylic acids is 2. The molecule has 0 aliphatic carbocycles. The lowest BCUT2D eigenvalue weighted by atomic mass is 9.87. The molecule has 0 heterocycles. The van der Waals surface area contributed by atoms with Crippen LogP contribution in [-0.2, 0) is 9.59 Å². The summed E-state index contributed by atoms with van der Waals surface area (Å²) in [4.78, 5) is 34.9. The van der Waals surface area contributed by atoms with Gasteiger partial charge in [0.15, 0.2) is 0 Å². The van der Waals surface area contributed by atoms with E-state index in [2.05, 4.69) is 5.32 Å². The van der Waals surface area contributed by atoms with Crippen molar-refractivity contribution >= 4 is 17.7 Å². The number of carboxylic acid groups (broad SMARTS) is 1. The standard InChI is InChI=1S/C15H19NO4/c1-15(2,3)12(17)9-11(14(19)20)16-13(18)10-7-5-4-6-8-10/h4-8,11H,9H2,1-3H3,(H,16,18)(H,19,20). The van der Waals surface area contributed by atoms with Gasteiger partial charge in [0.25, 0.3) is 5.91 Å². The number of carboxylic acids is 1. The Morgan fingerprint density at radius 3 is 2.15 bits per heavy atom. The van der Waals surface area contributed by atoms with E-state index in [1.807, 2.05) is 0 Å². The number of aliphatic carboxylic acids is 1. The van der Waals surface area contributed by atoms with Gasteiger partial charge in [-0.15, -0.1) is 0 Å². The molecular formula is C15H19NO4. The van der Waals surface area contributed by atoms with Crippen molar-refractivity contribution < 1.29 is 19.5 Å². The number of nitrogens with one attached hydrogen (secondary N) is 1. The average Bonchev–Trinajstić information content (AvgIpc) is 2.37. The maximum Gasteiger partial charge on any atom is 0.326 e. The van der Waals surface area contributed by atoms with Crippen molar-refractivity contribution in [1.29, 1.82) is 0 Å². The fraction of sp³-hybridized carbons (Fsp3) is 0.400. The van der Waals surface area contributed by atoms with Crippen LogP contribution >= 0.6 is 0 Å². The molecule has 1 amide bonds. The van der Waals surface area contributed by atoms with Crippen LogP contribution in [0.15, 0.2) is 30.3 Å². The highest BCUT2D eigenvalue weighted by molar-refractivity contribution is 5.98. The van der Waals surface area contributed by atoms with Gasteiger partial charge in [-0.05, 0) is 12.1 Å². The van der Waals surface area contributed by atoms with Gasteiger partial charge >= 0.3 is 5.97 Å². The quantitative estimate of drug-likeness (QED) is 0.860. The first-order valence-corrected chi connectivity index (χ1v) is 6.34. The number of rotatable bonds is 5. The number of benzene rings is 1. The molecule has 0 radical (unpaired) electrons. The van der Waals surface area contributed by atoms with Crippen molar-refractivity contribution in [2.75, 3.05) is 0 Å². The van der Waals surface area contributed by atoms with Crippen molar-refractivity contribution in [1.82, 2.24) is 5.32 Å². The van der Waals surface area contributed by atoms with Crippen LogP contribution in [-0.4, -0.2) is 28.8 Å². The summed E-state index contributed by atoms with van der Waals surface area (Å²) in [5.41, 5.74) is -0.271. The molecule has 0 aliphatic rings. The molecule has 20 heavy (non-hydrogen) atoms. The number of hydrogen-bond acceptors (Lipinski definition) is 3. The van der Waals surface area contributed by atoms with E-state index in [9.17, 15) is 14.4 Å². The van der Waals surface area contributed by atoms with E-state index in [0.717, 1.165) is 0 Å². The number of amides is 1. The Morgan fingerprint density at radius 2 is 1.70 bits per heavy atom. The van der Waals surface area contributed by atoms with E-state index in [1.165, 1.54) is 0 Å². The molecule has 0 aromatic heterocycles. The van der Waals surface area contributed by atoms with Gasteiger partial charge < -0.3 is 10.4 Å². The molecule has 0 fully saturated rings. The topological polar surface area (TPSA) is 83.5 Å². The summed E-state index contributed by atoms with van der Waals surface area (Å²) in [5.74, 6) is -1.93. The van der Waals surface area contributed by atoms with E-state index >= 15 is 0 Å². The van der Waals surface area contributed by atoms with Gasteiger partial charge in [0, 0.05) is 17.4 Å². The predicted molar refractivity (Wildman–Crippen MR) is 74.4 cm³/mol. The predicted octanol–water partition coefficient (Wildman–Crippen LogP) is 1.87. The van der Waals surface area contributed by atoms with Gasteiger partial charge in [0.05, 0.1) is 0 Å². The molecule has 1 atom stereocenters. The first-order valence-electron chi connectivity index (χ1n) is 6.34. The highest BCUT2D eigenvalue weighted by Gasteiger charge is 2.29. The molecule has 1 aromatic carbocycles. The summed E-state index contributed by atoms with van der Waals surface area (Å²) in [6.07, 6.45) is -0.225. The van der Waals surface area contributed by atoms with Crippen LogP contribution in [0.25, 0.3) is 0 Å². The van der Waals surface area contributed by atoms with Crippen LogP contribution in [0.1, 0.15) is 37.6 Å². The average molecular weight is 277 g/mol. The lowest BCUT2D eigenvalue weighted by Gasteiger charge is -2.20. The molecule has 108 valence electrons. The van der Waals surface area contributed by atoms with Crippen molar-refractivity contribution in [2.45, 2.75) is 33.2 Å². The van der Waals surface area contributed by atoms with Crippen molar-refractivity contribution in [3.8, 4) is 0 Å². The molecule has 1 unspecified atom stereocenters. The Hall–Kier alpha value is -2.17. The van der Waals surface area contributed by atoms with Crippen LogP contribution in [0.5, 0.6) is 0 Å². The Bertz CT molecular complexity index is 502. The maximum atomic E-state index is 11.9. The Labute approximate surface area is 118 Å². The molecule has 5 heteroatoms. The van der Waals surface area contributed by atoms with Gasteiger partial charge in [-0.1, -0.05) is 39.0 Å². The molecule has 0 aliphatic heterocycles. The summed E-state index contributed by atoms with van der Waals surface area (Å²) in [7, 11) is 0. The van der Waals surface area contributed by atoms with E-state index in [-0.39, 0.29) is 12.2 Å². The minimum atomic E-state index is -1.22. The van der Waals surface area contributed by atoms with Crippen LogP contribution < -0.4 is 5.32 Å². The molecule has 0 saturated heterocycles. The SMILES string of the molecule is CC(C)(C)C(=O)CC(NC(=O)c1ccccc1)C(=O)O. The minimum Gasteiger partial charge on any atom is -0.480 e. The minimum absolute atomic E-state index is 0.210. The van der Waals surface area contributed by atoms with Crippen molar-refractivity contribution in [3.63, 3.8) is 0 Å². The second-order valence-electron chi connectivity index (χ2n) is 5.61. The summed E-state index contributed by atoms with van der Waals surface area (Å²) in [5, 5.41) is 11.5. The lowest BCUT2D eigenvalue weighted by Crippen LogP contribution is -2.43. The first kappa shape index (κ1) is 15.9. The van der Waals surface area contributed by atoms with Gasteiger partial charge in [-0.3, -0.25) is 9.59 Å². The zero-order valence-corrected chi connectivity index (χ0v) is 11.8. The number of hydrogen-bond donors (Lipinski definition) is 2. The van der Waals surface area contributed by atoms with Crippen LogP contribution in [0.3, 0.4) is 0 Å². The molecule has 0 saturated carbocycles. The van der Waals surface area contributed by atoms with Crippen LogP contribution in [0.2, 0.25) is 0 Å². The zero-order chi connectivity index (χ0) is 15.3. The zero-order valence-electron chi connectivity index (χ0n) is 11.8. The van der Waals surface area contributed by atoms with Gasteiger partial charge in [-0.25, -0.2) is 4.79 Å². The molecule has 0 spiro atoms. The molecule has 1 rings (SSSR count). The Balaban J connectivity index is 2.76. The summed E-state index contributed by atoms with van der Waals surface area (Å²) in [6, 6.07) is 7.08. The molecule has 5 nitrogen and oxygen atoms in total. The van der Waals surface area contributed by atoms with E-state index < -0.39 is 23.3 Å². The summed E-state index contributed by atoms with van der Waals surface area (Å²) in [6.45, 7) is 5.15. The highest BCUT2D eigenvalue weighted by atomic mass is 16.4. The second kappa shape index (κ2) is 6.32. The third-order valence-corrected chi connectivity index (χ3v) is 2.87. The Morgan fingerprint density at radius 1 is 1.15 bits per heavy atom. The fourth-order valence-corrected chi connectivity index (χ4v) is 1.52. The normalized spacial score (nSPS) is 12.6. The monoisotopic (exact) mass is 277 g/mol. The fourth-order valence-electron chi connectivity index (χ4n) is 1.52. The van der Waals surface area contributed by atoms with E-state index in [4.69, 9.17) is 5.11 Å². The number of ketones is 1. The molecular weight excluding hydrogens is 258 g/mol. The second-order valence-corrected chi connectivity index (χ2v) is 5.61. The third-order valence-electron chi connectivity index (χ3n) is 2.87. The largest absolute Gasteiger partial charge is 0.480 e. The maximum absolute atomic E-state index is 11.9. The molecule has 1 aromatic rings. The summed E-state index contributed by atoms with van der Waals surface area (Å²) < 4.78 is 0. The van der Waals surface area contributed by atoms with Crippen molar-refractivity contribution in [3.05, 3.63) is 35.9 Å². The molecule has 2 N–H and O–H groups in total. The van der Waals surface area contributed by atoms with Gasteiger partial charge in [0.2, 0.25) is 0 Å². The van der Waals surface area contributed by atoms with Gasteiger partial charge in [0.1, 0.15) is 11.8 Å². The number of Topliss-reactive ketones (excluding diaryl/α,β-unsaturated/α-hetero) is 1. The van der Waals surface area contributed by atoms with E-state index in [1.54, 1.807) is 51.1 Å². The third kappa shape index (κ3) is 4.50. The molecule has 0 bridgehead atoms. The van der Waals surface area contributed by atoms with Gasteiger partial charge in [-0.2, -0.15) is 0 Å². The Kier molecular flexibility index (Phi) is 5.02. The van der Waals surface area contributed by atoms with Crippen molar-refractivity contribution in [2.24, 2.45) is 5.41 Å². The van der Waals surface area contributed by atoms with Crippen LogP contribution in [0, 0.1) is 5.41 Å². The number of carbonyl (C=O) groups is 3. The highest BCUT2D eigenvalue weighted by Crippen LogP contribution is 2.18. The first-order chi connectivity index (χ1) is 9.21. The van der Waals surface area contributed by atoms with E-state index in [0.29, 0.717) is 5.56 Å².